The minimum Gasteiger partial charge on any atom is -0.338 e. The van der Waals surface area contributed by atoms with Crippen molar-refractivity contribution in [1.29, 1.82) is 0 Å². The van der Waals surface area contributed by atoms with Crippen molar-refractivity contribution in [2.45, 2.75) is 52.0 Å². The Balaban J connectivity index is 1.36. The number of hydrogen-bond donors (Lipinski definition) is 0. The Morgan fingerprint density at radius 1 is 1.03 bits per heavy atom. The average molecular weight is 512 g/mol. The van der Waals surface area contributed by atoms with Gasteiger partial charge in [0, 0.05) is 41.8 Å². The van der Waals surface area contributed by atoms with Gasteiger partial charge in [-0.25, -0.2) is 9.97 Å². The van der Waals surface area contributed by atoms with Gasteiger partial charge in [-0.15, -0.1) is 0 Å². The first-order valence-electron chi connectivity index (χ1n) is 11.9. The van der Waals surface area contributed by atoms with Gasteiger partial charge >= 0.3 is 0 Å². The summed E-state index contributed by atoms with van der Waals surface area (Å²) in [6, 6.07) is 8.51. The van der Waals surface area contributed by atoms with Crippen molar-refractivity contribution in [1.82, 2.24) is 19.8 Å². The van der Waals surface area contributed by atoms with Gasteiger partial charge in [-0.05, 0) is 77.2 Å². The van der Waals surface area contributed by atoms with Crippen LogP contribution in [0.3, 0.4) is 0 Å². The summed E-state index contributed by atoms with van der Waals surface area (Å²) in [5, 5.41) is 0. The lowest BCUT2D eigenvalue weighted by molar-refractivity contribution is 0.0164. The third-order valence-corrected chi connectivity index (χ3v) is 8.12. The molecule has 0 unspecified atom stereocenters. The Bertz CT molecular complexity index is 999. The normalized spacial score (nSPS) is 20.2. The molecular formula is C26H34BrN5O. The summed E-state index contributed by atoms with van der Waals surface area (Å²) in [7, 11) is 1.92. The van der Waals surface area contributed by atoms with Crippen LogP contribution in [-0.2, 0) is 0 Å². The monoisotopic (exact) mass is 511 g/mol. The van der Waals surface area contributed by atoms with Gasteiger partial charge in [0.15, 0.2) is 0 Å². The SMILES string of the molecule is CN=C(c1ccc(Br)cc1)C1CCN(C2(C)CCN(C(=O)c3c(C)ncnc3C)CC2)CC1. The van der Waals surface area contributed by atoms with Crippen LogP contribution in [0.4, 0.5) is 0 Å². The molecule has 1 aromatic carbocycles. The van der Waals surface area contributed by atoms with Gasteiger partial charge in [0.25, 0.3) is 5.91 Å². The molecule has 0 aliphatic carbocycles. The zero-order chi connectivity index (χ0) is 23.6. The highest BCUT2D eigenvalue weighted by Gasteiger charge is 2.39. The zero-order valence-corrected chi connectivity index (χ0v) is 21.7. The first-order valence-corrected chi connectivity index (χ1v) is 12.7. The molecule has 33 heavy (non-hydrogen) atoms. The summed E-state index contributed by atoms with van der Waals surface area (Å²) in [6.45, 7) is 9.88. The van der Waals surface area contributed by atoms with Crippen molar-refractivity contribution in [3.05, 3.63) is 57.6 Å². The van der Waals surface area contributed by atoms with Gasteiger partial charge in [-0.3, -0.25) is 14.7 Å². The summed E-state index contributed by atoms with van der Waals surface area (Å²) >= 11 is 3.53. The van der Waals surface area contributed by atoms with Gasteiger partial charge in [-0.2, -0.15) is 0 Å². The molecule has 3 heterocycles. The number of piperidine rings is 2. The van der Waals surface area contributed by atoms with Gasteiger partial charge < -0.3 is 4.90 Å². The fourth-order valence-electron chi connectivity index (χ4n) is 5.43. The largest absolute Gasteiger partial charge is 0.338 e. The molecule has 2 fully saturated rings. The molecule has 0 radical (unpaired) electrons. The number of likely N-dealkylation sites (tertiary alicyclic amines) is 2. The fraction of sp³-hybridized carbons (Fsp3) is 0.538. The van der Waals surface area contributed by atoms with Crippen molar-refractivity contribution >= 4 is 27.5 Å². The lowest BCUT2D eigenvalue weighted by Crippen LogP contribution is -2.56. The highest BCUT2D eigenvalue weighted by Crippen LogP contribution is 2.34. The number of aromatic nitrogens is 2. The number of carbonyl (C=O) groups excluding carboxylic acids is 1. The zero-order valence-electron chi connectivity index (χ0n) is 20.1. The van der Waals surface area contributed by atoms with Crippen LogP contribution in [0, 0.1) is 19.8 Å². The molecule has 4 rings (SSSR count). The highest BCUT2D eigenvalue weighted by atomic mass is 79.9. The van der Waals surface area contributed by atoms with E-state index in [0.29, 0.717) is 11.5 Å². The second kappa shape index (κ2) is 10.0. The number of aryl methyl sites for hydroxylation is 2. The molecule has 0 spiro atoms. The van der Waals surface area contributed by atoms with E-state index in [-0.39, 0.29) is 11.4 Å². The van der Waals surface area contributed by atoms with Gasteiger partial charge in [-0.1, -0.05) is 28.1 Å². The number of amides is 1. The molecule has 1 amide bonds. The van der Waals surface area contributed by atoms with Crippen LogP contribution >= 0.6 is 15.9 Å². The topological polar surface area (TPSA) is 61.7 Å². The number of aliphatic imine (C=N–C) groups is 1. The molecule has 0 atom stereocenters. The third-order valence-electron chi connectivity index (χ3n) is 7.59. The van der Waals surface area contributed by atoms with Crippen molar-refractivity contribution in [3.8, 4) is 0 Å². The maximum Gasteiger partial charge on any atom is 0.257 e. The van der Waals surface area contributed by atoms with Crippen LogP contribution < -0.4 is 0 Å². The van der Waals surface area contributed by atoms with Crippen LogP contribution in [0.25, 0.3) is 0 Å². The van der Waals surface area contributed by atoms with Gasteiger partial charge in [0.1, 0.15) is 6.33 Å². The van der Waals surface area contributed by atoms with Crippen LogP contribution in [0.1, 0.15) is 59.9 Å². The van der Waals surface area contributed by atoms with Crippen LogP contribution in [0.15, 0.2) is 40.1 Å². The molecule has 2 saturated heterocycles. The predicted molar refractivity (Wildman–Crippen MR) is 136 cm³/mol. The Morgan fingerprint density at radius 3 is 2.15 bits per heavy atom. The Kier molecular flexibility index (Phi) is 7.29. The maximum absolute atomic E-state index is 13.2. The van der Waals surface area contributed by atoms with E-state index in [9.17, 15) is 4.79 Å². The number of nitrogens with zero attached hydrogens (tertiary/aromatic N) is 5. The van der Waals surface area contributed by atoms with Crippen LogP contribution in [-0.4, -0.2) is 70.2 Å². The molecule has 2 aromatic rings. The summed E-state index contributed by atoms with van der Waals surface area (Å²) in [5.74, 6) is 0.575. The predicted octanol–water partition coefficient (Wildman–Crippen LogP) is 4.68. The quantitative estimate of drug-likeness (QED) is 0.559. The second-order valence-electron chi connectivity index (χ2n) is 9.59. The van der Waals surface area contributed by atoms with Gasteiger partial charge in [0.05, 0.1) is 17.0 Å². The molecule has 0 bridgehead atoms. The van der Waals surface area contributed by atoms with E-state index < -0.39 is 0 Å². The Hall–Kier alpha value is -2.12. The van der Waals surface area contributed by atoms with Gasteiger partial charge in [0.2, 0.25) is 0 Å². The Morgan fingerprint density at radius 2 is 1.61 bits per heavy atom. The lowest BCUT2D eigenvalue weighted by atomic mass is 9.82. The first kappa shape index (κ1) is 24.0. The van der Waals surface area contributed by atoms with Crippen molar-refractivity contribution in [3.63, 3.8) is 0 Å². The number of hydrogen-bond acceptors (Lipinski definition) is 5. The summed E-state index contributed by atoms with van der Waals surface area (Å²) in [4.78, 5) is 30.9. The molecule has 7 heteroatoms. The molecular weight excluding hydrogens is 478 g/mol. The summed E-state index contributed by atoms with van der Waals surface area (Å²) in [6.07, 6.45) is 5.78. The number of carbonyl (C=O) groups is 1. The number of rotatable bonds is 4. The van der Waals surface area contributed by atoms with E-state index >= 15 is 0 Å². The lowest BCUT2D eigenvalue weighted by Gasteiger charge is -2.49. The van der Waals surface area contributed by atoms with Crippen LogP contribution in [0.2, 0.25) is 0 Å². The molecule has 2 aliphatic heterocycles. The molecule has 1 aromatic heterocycles. The molecule has 0 N–H and O–H groups in total. The van der Waals surface area contributed by atoms with E-state index in [1.807, 2.05) is 25.8 Å². The first-order chi connectivity index (χ1) is 15.8. The van der Waals surface area contributed by atoms with Crippen molar-refractivity contribution < 1.29 is 4.79 Å². The molecule has 6 nitrogen and oxygen atoms in total. The summed E-state index contributed by atoms with van der Waals surface area (Å²) in [5.41, 5.74) is 4.79. The van der Waals surface area contributed by atoms with Crippen molar-refractivity contribution in [2.24, 2.45) is 10.9 Å². The third kappa shape index (κ3) is 5.04. The van der Waals surface area contributed by atoms with E-state index in [0.717, 1.165) is 67.7 Å². The smallest absolute Gasteiger partial charge is 0.257 e. The minimum absolute atomic E-state index is 0.0738. The maximum atomic E-state index is 13.2. The van der Waals surface area contributed by atoms with E-state index in [1.54, 1.807) is 0 Å². The average Bonchev–Trinajstić information content (AvgIpc) is 2.81. The van der Waals surface area contributed by atoms with Crippen molar-refractivity contribution in [2.75, 3.05) is 33.2 Å². The molecule has 176 valence electrons. The van der Waals surface area contributed by atoms with Crippen LogP contribution in [0.5, 0.6) is 0 Å². The Labute approximate surface area is 205 Å². The molecule has 0 saturated carbocycles. The number of benzene rings is 1. The fourth-order valence-corrected chi connectivity index (χ4v) is 5.69. The van der Waals surface area contributed by atoms with E-state index in [4.69, 9.17) is 0 Å². The number of halogens is 1. The second-order valence-corrected chi connectivity index (χ2v) is 10.5. The molecule has 2 aliphatic rings. The highest BCUT2D eigenvalue weighted by molar-refractivity contribution is 9.10. The standard InChI is InChI=1S/C26H34BrN5O/c1-18-23(19(2)30-17-29-18)25(33)31-15-11-26(3,12-16-31)32-13-9-21(10-14-32)24(28-4)20-5-7-22(27)8-6-20/h5-8,17,21H,9-16H2,1-4H3. The minimum atomic E-state index is 0.0738. The van der Waals surface area contributed by atoms with E-state index in [1.165, 1.54) is 17.6 Å². The summed E-state index contributed by atoms with van der Waals surface area (Å²) < 4.78 is 1.10. The van der Waals surface area contributed by atoms with E-state index in [2.05, 4.69) is 67.0 Å².